The first kappa shape index (κ1) is 58.8. The molecule has 10 nitrogen and oxygen atoms in total. The first-order valence-corrected chi connectivity index (χ1v) is 28.6. The van der Waals surface area contributed by atoms with Crippen LogP contribution in [-0.2, 0) is 9.31 Å². The van der Waals surface area contributed by atoms with E-state index in [-0.39, 0.29) is 31.4 Å². The highest BCUT2D eigenvalue weighted by Gasteiger charge is 2.51. The fourth-order valence-corrected chi connectivity index (χ4v) is 10.6. The smallest absolute Gasteiger partial charge is 0.494 e. The van der Waals surface area contributed by atoms with Crippen molar-refractivity contribution in [2.24, 2.45) is 0 Å². The van der Waals surface area contributed by atoms with Crippen LogP contribution in [0.5, 0.6) is 0 Å². The van der Waals surface area contributed by atoms with Crippen molar-refractivity contribution in [1.29, 1.82) is 0 Å². The van der Waals surface area contributed by atoms with Gasteiger partial charge >= 0.3 is 7.12 Å². The third kappa shape index (κ3) is 12.1. The zero-order valence-corrected chi connectivity index (χ0v) is 50.6. The maximum atomic E-state index is 6.30. The van der Waals surface area contributed by atoms with E-state index >= 15 is 0 Å². The molecule has 0 radical (unpaired) electrons. The molecule has 0 aliphatic carbocycles. The van der Waals surface area contributed by atoms with E-state index in [1.165, 1.54) is 5.39 Å². The minimum atomic E-state index is -0.445. The molecular formula is C73H58BBrIN6O4-. The van der Waals surface area contributed by atoms with Gasteiger partial charge in [-0.25, -0.2) is 29.9 Å². The predicted molar refractivity (Wildman–Crippen MR) is 349 cm³/mol. The van der Waals surface area contributed by atoms with Gasteiger partial charge in [-0.3, -0.25) is 0 Å². The Morgan fingerprint density at radius 1 is 0.326 bits per heavy atom. The van der Waals surface area contributed by atoms with E-state index in [0.717, 1.165) is 92.9 Å². The summed E-state index contributed by atoms with van der Waals surface area (Å²) in [7, 11) is -0.445. The van der Waals surface area contributed by atoms with E-state index in [0.29, 0.717) is 34.9 Å². The van der Waals surface area contributed by atoms with Gasteiger partial charge in [0.05, 0.1) is 15.7 Å². The second-order valence-electron chi connectivity index (χ2n) is 21.4. The molecule has 1 saturated heterocycles. The Morgan fingerprint density at radius 2 is 0.651 bits per heavy atom. The summed E-state index contributed by atoms with van der Waals surface area (Å²) >= 11 is 3.48. The average molecular weight is 1300 g/mol. The number of nitrogens with zero attached hydrogens (tertiary/aromatic N) is 6. The van der Waals surface area contributed by atoms with Crippen LogP contribution in [0.15, 0.2) is 268 Å². The summed E-state index contributed by atoms with van der Waals surface area (Å²) in [5, 5.41) is 4.56. The van der Waals surface area contributed by atoms with Crippen molar-refractivity contribution < 1.29 is 42.1 Å². The third-order valence-corrected chi connectivity index (χ3v) is 15.9. The van der Waals surface area contributed by atoms with E-state index in [9.17, 15) is 0 Å². The first-order chi connectivity index (χ1) is 41.0. The van der Waals surface area contributed by atoms with Crippen LogP contribution in [0.2, 0.25) is 0 Å². The molecule has 1 fully saturated rings. The van der Waals surface area contributed by atoms with Gasteiger partial charge in [0.15, 0.2) is 34.9 Å². The van der Waals surface area contributed by atoms with Crippen molar-refractivity contribution in [2.75, 3.05) is 0 Å². The highest BCUT2D eigenvalue weighted by atomic mass is 127. The molecule has 0 N–H and O–H groups in total. The lowest BCUT2D eigenvalue weighted by molar-refractivity contribution is -0.0000206. The molecule has 0 spiro atoms. The van der Waals surface area contributed by atoms with Crippen molar-refractivity contribution in [3.8, 4) is 79.5 Å². The van der Waals surface area contributed by atoms with E-state index in [1.807, 2.05) is 206 Å². The van der Waals surface area contributed by atoms with Crippen LogP contribution in [0, 0.1) is 0 Å². The minimum absolute atomic E-state index is 0. The van der Waals surface area contributed by atoms with Crippen LogP contribution in [0.1, 0.15) is 35.1 Å². The molecule has 15 rings (SSSR count). The molecule has 0 bridgehead atoms. The van der Waals surface area contributed by atoms with Gasteiger partial charge in [0.1, 0.15) is 22.3 Å². The van der Waals surface area contributed by atoms with Gasteiger partial charge in [-0.15, -0.1) is 0 Å². The van der Waals surface area contributed by atoms with E-state index in [2.05, 4.69) is 92.2 Å². The number of furan rings is 2. The molecule has 4 aromatic heterocycles. The summed E-state index contributed by atoms with van der Waals surface area (Å²) in [6.45, 7) is 8.23. The molecule has 0 saturated carbocycles. The molecule has 13 heteroatoms. The van der Waals surface area contributed by atoms with E-state index < -0.39 is 18.3 Å². The third-order valence-electron chi connectivity index (χ3n) is 15.3. The van der Waals surface area contributed by atoms with Gasteiger partial charge in [0.2, 0.25) is 0 Å². The van der Waals surface area contributed by atoms with Gasteiger partial charge < -0.3 is 42.1 Å². The molecule has 0 atom stereocenters. The second-order valence-corrected chi connectivity index (χ2v) is 22.2. The lowest BCUT2D eigenvalue weighted by Gasteiger charge is -2.32. The number of benzene rings is 10. The molecule has 86 heavy (non-hydrogen) atoms. The lowest BCUT2D eigenvalue weighted by Crippen LogP contribution is -3.00. The molecule has 0 unspecified atom stereocenters. The number of aromatic nitrogens is 6. The van der Waals surface area contributed by atoms with Crippen molar-refractivity contribution in [3.63, 3.8) is 0 Å². The molecule has 0 amide bonds. The summed E-state index contributed by atoms with van der Waals surface area (Å²) < 4.78 is 25.5. The number of hydrogen-bond acceptors (Lipinski definition) is 10. The van der Waals surface area contributed by atoms with Crippen LogP contribution < -0.4 is 29.4 Å². The van der Waals surface area contributed by atoms with Crippen LogP contribution in [-0.4, -0.2) is 48.2 Å². The molecule has 422 valence electrons. The zero-order valence-electron chi connectivity index (χ0n) is 46.9. The summed E-state index contributed by atoms with van der Waals surface area (Å²) in [6, 6.07) is 85.0. The Balaban J connectivity index is 0.000000144. The Bertz CT molecular complexity index is 4530. The van der Waals surface area contributed by atoms with Gasteiger partial charge in [-0.1, -0.05) is 238 Å². The van der Waals surface area contributed by atoms with Crippen molar-refractivity contribution in [3.05, 3.63) is 259 Å². The zero-order chi connectivity index (χ0) is 57.2. The predicted octanol–water partition coefficient (Wildman–Crippen LogP) is 15.6. The number of para-hydroxylation sites is 4. The quantitative estimate of drug-likeness (QED) is 0.107. The fraction of sp³-hybridized carbons (Fsp3) is 0.0959. The molecule has 1 aliphatic heterocycles. The van der Waals surface area contributed by atoms with Crippen LogP contribution >= 0.6 is 15.9 Å². The van der Waals surface area contributed by atoms with Crippen LogP contribution in [0.25, 0.3) is 123 Å². The summed E-state index contributed by atoms with van der Waals surface area (Å²) in [4.78, 5) is 29.0. The summed E-state index contributed by atoms with van der Waals surface area (Å²) in [5.41, 5.74) is 11.5. The van der Waals surface area contributed by atoms with E-state index in [4.69, 9.17) is 48.0 Å². The maximum Gasteiger partial charge on any atom is 0.494 e. The van der Waals surface area contributed by atoms with Gasteiger partial charge in [0, 0.05) is 60.5 Å². The molecule has 14 aromatic rings. The number of halogens is 2. The maximum absolute atomic E-state index is 6.30. The SMILES string of the molecule is Brc1cccc2c1oc1ccccc12.C.CC1(C)OB(c2cccc(-c3nc(-c4ccccc4)nc(-c4ccccc4)n3)c2)OC1(C)C.[I-].c1ccc(-c2nc(-c3ccccc3)nc(-c3cccc(-c4cccc5c4oc4ccccc45)c3)n2)cc1. The van der Waals surface area contributed by atoms with Gasteiger partial charge in [-0.2, -0.15) is 0 Å². The minimum Gasteiger partial charge on any atom is -1.00 e. The topological polar surface area (TPSA) is 122 Å². The van der Waals surface area contributed by atoms with Crippen LogP contribution in [0.4, 0.5) is 0 Å². The second kappa shape index (κ2) is 25.3. The molecule has 5 heterocycles. The Kier molecular flexibility index (Phi) is 17.3. The molecular weight excluding hydrogens is 1240 g/mol. The molecule has 10 aromatic carbocycles. The number of rotatable bonds is 8. The first-order valence-electron chi connectivity index (χ1n) is 27.8. The largest absolute Gasteiger partial charge is 1.00 e. The highest BCUT2D eigenvalue weighted by Crippen LogP contribution is 2.39. The van der Waals surface area contributed by atoms with Gasteiger partial charge in [0.25, 0.3) is 0 Å². The molecule has 1 aliphatic rings. The normalized spacial score (nSPS) is 13.1. The monoisotopic (exact) mass is 1300 g/mol. The number of fused-ring (bicyclic) bond motifs is 6. The fourth-order valence-electron chi connectivity index (χ4n) is 10.2. The van der Waals surface area contributed by atoms with Crippen molar-refractivity contribution >= 4 is 72.4 Å². The lowest BCUT2D eigenvalue weighted by atomic mass is 9.78. The Morgan fingerprint density at radius 3 is 1.12 bits per heavy atom. The Hall–Kier alpha value is -8.99. The van der Waals surface area contributed by atoms with E-state index in [1.54, 1.807) is 0 Å². The summed E-state index contributed by atoms with van der Waals surface area (Å²) in [5.74, 6) is 3.82. The standard InChI is InChI=1S/C33H21N3O.C27H26BN3O2.C12H7BrO.CH4.HI/c1-3-11-22(12-4-1)31-34-32(23-13-5-2-6-14-23)36-33(35-31)25-16-9-15-24(21-25)26-18-10-19-28-27-17-7-8-20-29(27)37-30(26)28;1-26(2)27(3,4)33-28(32-26)22-17-11-16-21(18-22)25-30-23(19-12-7-5-8-13-19)29-24(31-25)20-14-9-6-10-15-20;13-10-6-3-5-9-8-4-1-2-7-11(8)14-12(9)10;;/h1-21H;5-18H,1-4H3;1-7H;1H4;1H/p-1. The number of hydrogen-bond donors (Lipinski definition) is 0. The van der Waals surface area contributed by atoms with Gasteiger partial charge in [-0.05, 0) is 78.9 Å². The summed E-state index contributed by atoms with van der Waals surface area (Å²) in [6.07, 6.45) is 0. The highest BCUT2D eigenvalue weighted by molar-refractivity contribution is 9.10. The average Bonchev–Trinajstić information content (AvgIpc) is 2.65. The van der Waals surface area contributed by atoms with Crippen molar-refractivity contribution in [1.82, 2.24) is 29.9 Å². The van der Waals surface area contributed by atoms with Crippen LogP contribution in [0.3, 0.4) is 0 Å². The van der Waals surface area contributed by atoms with Crippen molar-refractivity contribution in [2.45, 2.75) is 46.3 Å². The Labute approximate surface area is 525 Å².